The number of nitrogens with zero attached hydrogens (tertiary/aromatic N) is 2. The molecule has 0 aliphatic carbocycles. The highest BCUT2D eigenvalue weighted by Crippen LogP contribution is 2.32. The summed E-state index contributed by atoms with van der Waals surface area (Å²) in [6.45, 7) is 2.20. The van der Waals surface area contributed by atoms with Gasteiger partial charge in [-0.1, -0.05) is 30.3 Å². The third kappa shape index (κ3) is 2.15. The lowest BCUT2D eigenvalue weighted by atomic mass is 9.97. The van der Waals surface area contributed by atoms with Crippen molar-refractivity contribution in [1.29, 1.82) is 0 Å². The molecule has 0 aliphatic heterocycles. The second-order valence-corrected chi connectivity index (χ2v) is 7.21. The number of aryl methyl sites for hydroxylation is 3. The molecule has 126 valence electrons. The molecule has 0 aliphatic rings. The molecule has 0 bridgehead atoms. The Morgan fingerprint density at radius 2 is 1.54 bits per heavy atom. The van der Waals surface area contributed by atoms with Crippen molar-refractivity contribution in [3.05, 3.63) is 78.6 Å². The van der Waals surface area contributed by atoms with Crippen LogP contribution in [0.15, 0.2) is 73.1 Å². The van der Waals surface area contributed by atoms with Crippen LogP contribution in [0.4, 0.5) is 0 Å². The monoisotopic (exact) mass is 337 g/mol. The normalized spacial score (nSPS) is 11.7. The summed E-state index contributed by atoms with van der Waals surface area (Å²) in [5.74, 6) is 0. The number of rotatable bonds is 1. The second-order valence-electron chi connectivity index (χ2n) is 7.21. The SMILES string of the molecule is Cc1ccc2c(ccn2C)c1-c1cc2cc3ccccc3cc2c[n+]1C. The molecular formula is C24H21N2+. The first-order valence-corrected chi connectivity index (χ1v) is 8.99. The smallest absolute Gasteiger partial charge is 0.213 e. The van der Waals surface area contributed by atoms with Crippen LogP contribution in [0.3, 0.4) is 0 Å². The zero-order valence-electron chi connectivity index (χ0n) is 15.3. The molecule has 2 nitrogen and oxygen atoms in total. The Morgan fingerprint density at radius 3 is 2.31 bits per heavy atom. The highest BCUT2D eigenvalue weighted by atomic mass is 14.9. The van der Waals surface area contributed by atoms with Gasteiger partial charge in [-0.25, -0.2) is 4.57 Å². The number of hydrogen-bond donors (Lipinski definition) is 0. The van der Waals surface area contributed by atoms with Crippen molar-refractivity contribution in [2.75, 3.05) is 0 Å². The van der Waals surface area contributed by atoms with E-state index in [2.05, 4.69) is 103 Å². The molecule has 3 aromatic carbocycles. The molecule has 0 amide bonds. The summed E-state index contributed by atoms with van der Waals surface area (Å²) in [5, 5.41) is 6.43. The van der Waals surface area contributed by atoms with Crippen LogP contribution in [-0.4, -0.2) is 4.57 Å². The van der Waals surface area contributed by atoms with E-state index in [9.17, 15) is 0 Å². The van der Waals surface area contributed by atoms with E-state index in [1.807, 2.05) is 0 Å². The van der Waals surface area contributed by atoms with E-state index in [1.54, 1.807) is 0 Å². The summed E-state index contributed by atoms with van der Waals surface area (Å²) in [6, 6.07) is 22.1. The molecule has 0 saturated heterocycles. The van der Waals surface area contributed by atoms with Gasteiger partial charge < -0.3 is 4.57 Å². The van der Waals surface area contributed by atoms with E-state index in [-0.39, 0.29) is 0 Å². The van der Waals surface area contributed by atoms with Gasteiger partial charge in [0, 0.05) is 35.6 Å². The number of fused-ring (bicyclic) bond motifs is 3. The predicted molar refractivity (Wildman–Crippen MR) is 109 cm³/mol. The molecule has 2 aromatic heterocycles. The lowest BCUT2D eigenvalue weighted by Crippen LogP contribution is -2.30. The van der Waals surface area contributed by atoms with Crippen molar-refractivity contribution in [1.82, 2.24) is 4.57 Å². The van der Waals surface area contributed by atoms with Crippen LogP contribution in [0.5, 0.6) is 0 Å². The zero-order valence-corrected chi connectivity index (χ0v) is 15.3. The average molecular weight is 337 g/mol. The Hall–Kier alpha value is -3.13. The largest absolute Gasteiger partial charge is 0.351 e. The van der Waals surface area contributed by atoms with Gasteiger partial charge in [-0.2, -0.15) is 0 Å². The molecule has 5 rings (SSSR count). The van der Waals surface area contributed by atoms with E-state index in [0.29, 0.717) is 0 Å². The third-order valence-electron chi connectivity index (χ3n) is 5.49. The predicted octanol–water partition coefficient (Wildman–Crippen LogP) is 5.28. The Balaban J connectivity index is 1.86. The molecule has 0 radical (unpaired) electrons. The summed E-state index contributed by atoms with van der Waals surface area (Å²) in [7, 11) is 4.25. The third-order valence-corrected chi connectivity index (χ3v) is 5.49. The van der Waals surface area contributed by atoms with Crippen molar-refractivity contribution in [3.63, 3.8) is 0 Å². The second kappa shape index (κ2) is 5.43. The molecule has 2 heterocycles. The topological polar surface area (TPSA) is 8.81 Å². The van der Waals surface area contributed by atoms with Crippen LogP contribution in [0.2, 0.25) is 0 Å². The van der Waals surface area contributed by atoms with Crippen LogP contribution < -0.4 is 4.57 Å². The summed E-state index contributed by atoms with van der Waals surface area (Å²) in [6.07, 6.45) is 4.39. The van der Waals surface area contributed by atoms with E-state index < -0.39 is 0 Å². The van der Waals surface area contributed by atoms with Crippen molar-refractivity contribution in [2.45, 2.75) is 6.92 Å². The van der Waals surface area contributed by atoms with Gasteiger partial charge in [0.15, 0.2) is 6.20 Å². The quantitative estimate of drug-likeness (QED) is 0.290. The van der Waals surface area contributed by atoms with Gasteiger partial charge in [0.25, 0.3) is 0 Å². The number of aromatic nitrogens is 2. The lowest BCUT2D eigenvalue weighted by Gasteiger charge is -2.09. The Labute approximate surface area is 152 Å². The van der Waals surface area contributed by atoms with Crippen LogP contribution in [0.1, 0.15) is 5.56 Å². The fourth-order valence-corrected chi connectivity index (χ4v) is 4.09. The van der Waals surface area contributed by atoms with Crippen LogP contribution in [0.25, 0.3) is 43.7 Å². The molecule has 0 unspecified atom stereocenters. The molecule has 5 aromatic rings. The molecule has 0 atom stereocenters. The minimum absolute atomic E-state index is 1.25. The average Bonchev–Trinajstić information content (AvgIpc) is 3.01. The molecule has 0 fully saturated rings. The van der Waals surface area contributed by atoms with Gasteiger partial charge >= 0.3 is 0 Å². The Kier molecular flexibility index (Phi) is 3.17. The molecule has 0 saturated carbocycles. The maximum Gasteiger partial charge on any atom is 0.213 e. The van der Waals surface area contributed by atoms with E-state index in [0.717, 1.165) is 0 Å². The minimum Gasteiger partial charge on any atom is -0.351 e. The van der Waals surface area contributed by atoms with Gasteiger partial charge in [0.1, 0.15) is 7.05 Å². The van der Waals surface area contributed by atoms with Crippen molar-refractivity contribution in [2.24, 2.45) is 14.1 Å². The minimum atomic E-state index is 1.25. The van der Waals surface area contributed by atoms with E-state index in [4.69, 9.17) is 0 Å². The first-order valence-electron chi connectivity index (χ1n) is 8.99. The van der Waals surface area contributed by atoms with Gasteiger partial charge in [-0.3, -0.25) is 0 Å². The van der Waals surface area contributed by atoms with Gasteiger partial charge in [-0.15, -0.1) is 0 Å². The molecule has 0 spiro atoms. The number of pyridine rings is 1. The first kappa shape index (κ1) is 15.2. The molecular weight excluding hydrogens is 316 g/mol. The molecule has 0 N–H and O–H groups in total. The maximum absolute atomic E-state index is 2.33. The summed E-state index contributed by atoms with van der Waals surface area (Å²) in [4.78, 5) is 0. The van der Waals surface area contributed by atoms with Crippen LogP contribution in [0, 0.1) is 6.92 Å². The van der Waals surface area contributed by atoms with E-state index >= 15 is 0 Å². The summed E-state index contributed by atoms with van der Waals surface area (Å²) >= 11 is 0. The van der Waals surface area contributed by atoms with Crippen molar-refractivity contribution in [3.8, 4) is 11.3 Å². The Morgan fingerprint density at radius 1 is 0.808 bits per heavy atom. The fraction of sp³-hybridized carbons (Fsp3) is 0.125. The molecule has 26 heavy (non-hydrogen) atoms. The highest BCUT2D eigenvalue weighted by Gasteiger charge is 2.18. The number of hydrogen-bond acceptors (Lipinski definition) is 0. The van der Waals surface area contributed by atoms with Gasteiger partial charge in [-0.05, 0) is 52.9 Å². The standard InChI is InChI=1S/C24H21N2/c1-16-8-9-22-21(10-11-25(22)2)24(16)23-14-19-12-17-6-4-5-7-18(17)13-20(19)15-26(23)3/h4-15H,1-3H3/q+1. The van der Waals surface area contributed by atoms with Crippen LogP contribution >= 0.6 is 0 Å². The van der Waals surface area contributed by atoms with Crippen LogP contribution in [-0.2, 0) is 14.1 Å². The zero-order chi connectivity index (χ0) is 17.8. The Bertz CT molecular complexity index is 1310. The van der Waals surface area contributed by atoms with E-state index in [1.165, 1.54) is 49.3 Å². The first-order chi connectivity index (χ1) is 12.6. The molecule has 2 heteroatoms. The van der Waals surface area contributed by atoms with Gasteiger partial charge in [0.2, 0.25) is 5.69 Å². The van der Waals surface area contributed by atoms with Crippen molar-refractivity contribution < 1.29 is 4.57 Å². The van der Waals surface area contributed by atoms with Gasteiger partial charge in [0.05, 0.1) is 5.56 Å². The number of benzene rings is 3. The highest BCUT2D eigenvalue weighted by molar-refractivity contribution is 6.01. The lowest BCUT2D eigenvalue weighted by molar-refractivity contribution is -0.659. The fourth-order valence-electron chi connectivity index (χ4n) is 4.09. The van der Waals surface area contributed by atoms with Crippen molar-refractivity contribution >= 4 is 32.4 Å². The maximum atomic E-state index is 2.33. The summed E-state index contributed by atoms with van der Waals surface area (Å²) < 4.78 is 4.44. The summed E-state index contributed by atoms with van der Waals surface area (Å²) in [5.41, 5.74) is 5.14.